The number of anilines is 1. The molecule has 3 aromatic rings. The van der Waals surface area contributed by atoms with Crippen LogP contribution in [0.25, 0.3) is 11.1 Å². The predicted molar refractivity (Wildman–Crippen MR) is 131 cm³/mol. The number of carbonyl (C=O) groups excluding carboxylic acids is 2. The molecular weight excluding hydrogens is 556 g/mol. The normalized spacial score (nSPS) is 10.8. The quantitative estimate of drug-likeness (QED) is 0.171. The molecule has 0 radical (unpaired) electrons. The molecular formula is C25H21Cl2F2KN2O5-2. The van der Waals surface area contributed by atoms with Crippen molar-refractivity contribution in [2.24, 2.45) is 0 Å². The van der Waals surface area contributed by atoms with Crippen molar-refractivity contribution in [2.45, 2.75) is 25.1 Å². The van der Waals surface area contributed by atoms with E-state index in [0.29, 0.717) is 40.8 Å². The van der Waals surface area contributed by atoms with Gasteiger partial charge >= 0.3 is 57.5 Å². The molecule has 0 atom stereocenters. The van der Waals surface area contributed by atoms with Crippen LogP contribution in [0.5, 0.6) is 0 Å². The summed E-state index contributed by atoms with van der Waals surface area (Å²) in [5.41, 5.74) is 0.448. The topological polar surface area (TPSA) is 111 Å². The standard InChI is InChI=1S/C20H12Cl2FN2O5.C5H9F.K/c21-14-6-4-11(10-26)8-13(14)12-5-7-17(24-9-12)25(20(28,29)30)19(27)18-15(22)2-1-3-16(18)23;1-3-5(6)4-2;/h1-6,8-10,28-30H;5H,1-4H2;/q-1;-2;+1. The van der Waals surface area contributed by atoms with Crippen LogP contribution in [0.2, 0.25) is 10.0 Å². The summed E-state index contributed by atoms with van der Waals surface area (Å²) in [6.07, 6.45) is -2.00. The second-order valence-corrected chi connectivity index (χ2v) is 8.01. The molecule has 0 aliphatic heterocycles. The van der Waals surface area contributed by atoms with Crippen LogP contribution in [0, 0.1) is 25.7 Å². The fourth-order valence-corrected chi connectivity index (χ4v) is 3.26. The first kappa shape index (κ1) is 33.7. The Balaban J connectivity index is 0.000000876. The Morgan fingerprint density at radius 3 is 2.27 bits per heavy atom. The van der Waals surface area contributed by atoms with E-state index in [1.807, 2.05) is 0 Å². The van der Waals surface area contributed by atoms with Gasteiger partial charge in [0.2, 0.25) is 0 Å². The van der Waals surface area contributed by atoms with Gasteiger partial charge in [0, 0.05) is 22.6 Å². The van der Waals surface area contributed by atoms with Crippen LogP contribution >= 0.6 is 23.2 Å². The third-order valence-electron chi connectivity index (χ3n) is 4.64. The minimum absolute atomic E-state index is 0. The Morgan fingerprint density at radius 2 is 1.81 bits per heavy atom. The van der Waals surface area contributed by atoms with Gasteiger partial charge in [-0.1, -0.05) is 47.0 Å². The van der Waals surface area contributed by atoms with Gasteiger partial charge in [-0.25, -0.2) is 21.4 Å². The largest absolute Gasteiger partial charge is 1.00 e. The van der Waals surface area contributed by atoms with E-state index in [4.69, 9.17) is 23.2 Å². The zero-order chi connectivity index (χ0) is 27.0. The van der Waals surface area contributed by atoms with Crippen molar-refractivity contribution in [3.05, 3.63) is 95.6 Å². The number of amides is 1. The molecule has 0 fully saturated rings. The second-order valence-electron chi connectivity index (χ2n) is 7.19. The molecule has 2 aromatic carbocycles. The van der Waals surface area contributed by atoms with Crippen LogP contribution in [0.1, 0.15) is 33.6 Å². The van der Waals surface area contributed by atoms with Gasteiger partial charge in [-0.15, -0.1) is 5.56 Å². The molecule has 192 valence electrons. The fourth-order valence-electron chi connectivity index (χ4n) is 2.79. The smallest absolute Gasteiger partial charge is 0.341 e. The van der Waals surface area contributed by atoms with Gasteiger partial charge in [-0.05, 0) is 24.4 Å². The first-order valence-corrected chi connectivity index (χ1v) is 11.0. The van der Waals surface area contributed by atoms with Crippen LogP contribution < -0.4 is 56.3 Å². The molecule has 0 aliphatic carbocycles. The SMILES string of the molecule is O=Cc1ccc(Cl)c(-c2c[c-]c(N(C(=O)c3c(F)cccc3Cl)C(O)(O)O)nc2)c1.[CH2-]CC(F)C[CH2-].[K+]. The van der Waals surface area contributed by atoms with Crippen molar-refractivity contribution >= 4 is 41.2 Å². The molecule has 0 saturated carbocycles. The van der Waals surface area contributed by atoms with Gasteiger partial charge in [-0.3, -0.25) is 19.0 Å². The van der Waals surface area contributed by atoms with E-state index in [-0.39, 0.29) is 61.3 Å². The molecule has 37 heavy (non-hydrogen) atoms. The molecule has 0 saturated heterocycles. The number of rotatable bonds is 7. The zero-order valence-electron chi connectivity index (χ0n) is 19.7. The van der Waals surface area contributed by atoms with Gasteiger partial charge in [0.15, 0.2) is 0 Å². The van der Waals surface area contributed by atoms with Crippen LogP contribution in [0.3, 0.4) is 0 Å². The summed E-state index contributed by atoms with van der Waals surface area (Å²) in [5, 5.41) is 29.0. The Labute approximate surface area is 265 Å². The molecule has 12 heteroatoms. The number of halogens is 4. The third-order valence-corrected chi connectivity index (χ3v) is 5.28. The van der Waals surface area contributed by atoms with Gasteiger partial charge in [-0.2, -0.15) is 12.8 Å². The molecule has 1 heterocycles. The van der Waals surface area contributed by atoms with Gasteiger partial charge in [0.25, 0.3) is 5.91 Å². The van der Waals surface area contributed by atoms with E-state index in [1.165, 1.54) is 42.6 Å². The molecule has 3 N–H and O–H groups in total. The first-order valence-electron chi connectivity index (χ1n) is 10.3. The summed E-state index contributed by atoms with van der Waals surface area (Å²) in [7, 11) is 0. The fraction of sp³-hybridized carbons (Fsp3) is 0.160. The van der Waals surface area contributed by atoms with Crippen molar-refractivity contribution in [2.75, 3.05) is 4.90 Å². The molecule has 1 amide bonds. The molecule has 3 rings (SSSR count). The van der Waals surface area contributed by atoms with Crippen molar-refractivity contribution < 1.29 is 85.1 Å². The summed E-state index contributed by atoms with van der Waals surface area (Å²) in [5.74, 6) is -2.96. The van der Waals surface area contributed by atoms with E-state index in [2.05, 4.69) is 24.9 Å². The number of carbonyl (C=O) groups is 2. The summed E-state index contributed by atoms with van der Waals surface area (Å²) in [4.78, 5) is 27.6. The number of hydrogen-bond acceptors (Lipinski definition) is 6. The third kappa shape index (κ3) is 9.14. The monoisotopic (exact) mass is 576 g/mol. The van der Waals surface area contributed by atoms with Crippen molar-refractivity contribution in [1.82, 2.24) is 4.98 Å². The van der Waals surface area contributed by atoms with Crippen molar-refractivity contribution in [3.8, 4) is 11.1 Å². The molecule has 0 unspecified atom stereocenters. The second kappa shape index (κ2) is 15.3. The van der Waals surface area contributed by atoms with Crippen LogP contribution in [0.15, 0.2) is 48.7 Å². The van der Waals surface area contributed by atoms with E-state index in [0.717, 1.165) is 6.07 Å². The number of aldehydes is 1. The maximum atomic E-state index is 14.1. The summed E-state index contributed by atoms with van der Waals surface area (Å²) < 4.78 is 25.9. The average Bonchev–Trinajstić information content (AvgIpc) is 2.84. The minimum atomic E-state index is -3.73. The number of alkyl halides is 1. The number of aromatic nitrogens is 1. The van der Waals surface area contributed by atoms with Crippen molar-refractivity contribution in [3.63, 3.8) is 0 Å². The zero-order valence-corrected chi connectivity index (χ0v) is 24.3. The van der Waals surface area contributed by atoms with E-state index in [1.54, 1.807) is 0 Å². The maximum Gasteiger partial charge on any atom is 1.00 e. The molecule has 0 spiro atoms. The number of hydrogen-bond donors (Lipinski definition) is 3. The number of aliphatic hydroxyl groups is 3. The Hall–Kier alpha value is -1.31. The minimum Gasteiger partial charge on any atom is -0.341 e. The Kier molecular flexibility index (Phi) is 14.0. The number of benzene rings is 2. The number of pyridine rings is 1. The summed E-state index contributed by atoms with van der Waals surface area (Å²) >= 11 is 12.0. The van der Waals surface area contributed by atoms with Gasteiger partial charge in [0.1, 0.15) is 12.1 Å². The van der Waals surface area contributed by atoms with Crippen molar-refractivity contribution in [1.29, 1.82) is 0 Å². The summed E-state index contributed by atoms with van der Waals surface area (Å²) in [6.45, 7) is 6.68. The molecule has 0 bridgehead atoms. The van der Waals surface area contributed by atoms with Crippen LogP contribution in [-0.4, -0.2) is 44.8 Å². The number of nitrogens with zero attached hydrogens (tertiary/aromatic N) is 2. The molecule has 0 aliphatic rings. The van der Waals surface area contributed by atoms with Crippen LogP contribution in [-0.2, 0) is 0 Å². The first-order chi connectivity index (χ1) is 16.9. The van der Waals surface area contributed by atoms with Gasteiger partial charge < -0.3 is 29.2 Å². The molecule has 7 nitrogen and oxygen atoms in total. The van der Waals surface area contributed by atoms with Crippen LogP contribution in [0.4, 0.5) is 14.6 Å². The summed E-state index contributed by atoms with van der Waals surface area (Å²) in [6, 6.07) is 11.7. The average molecular weight is 577 g/mol. The Morgan fingerprint density at radius 1 is 1.16 bits per heavy atom. The predicted octanol–water partition coefficient (Wildman–Crippen LogP) is 1.82. The Bertz CT molecular complexity index is 1190. The van der Waals surface area contributed by atoms with E-state index in [9.17, 15) is 33.7 Å². The molecule has 1 aromatic heterocycles. The van der Waals surface area contributed by atoms with E-state index >= 15 is 0 Å². The van der Waals surface area contributed by atoms with E-state index < -0.39 is 35.4 Å². The van der Waals surface area contributed by atoms with Gasteiger partial charge in [0.05, 0.1) is 10.6 Å². The maximum absolute atomic E-state index is 14.1.